The van der Waals surface area contributed by atoms with Crippen LogP contribution in [0.3, 0.4) is 0 Å². The van der Waals surface area contributed by atoms with Crippen LogP contribution in [0.25, 0.3) is 0 Å². The fraction of sp³-hybridized carbons (Fsp3) is 0.556. The molecule has 2 N–H and O–H groups in total. The summed E-state index contributed by atoms with van der Waals surface area (Å²) < 4.78 is 10.2. The first-order valence-corrected chi connectivity index (χ1v) is 8.36. The second kappa shape index (κ2) is 8.15. The van der Waals surface area contributed by atoms with Gasteiger partial charge in [-0.05, 0) is 58.0 Å². The fourth-order valence-corrected chi connectivity index (χ4v) is 3.08. The van der Waals surface area contributed by atoms with E-state index in [1.807, 2.05) is 13.8 Å². The number of hydrogen-bond donors (Lipinski definition) is 1. The van der Waals surface area contributed by atoms with Crippen molar-refractivity contribution in [2.75, 3.05) is 32.5 Å². The molecule has 1 aliphatic heterocycles. The SMILES string of the molecule is CCOC(=O)C1CCN(C(C)C(=O)c2ccc(OC)c(N)c2)CC1. The maximum atomic E-state index is 12.7. The van der Waals surface area contributed by atoms with Crippen LogP contribution < -0.4 is 10.5 Å². The van der Waals surface area contributed by atoms with Gasteiger partial charge in [-0.15, -0.1) is 0 Å². The van der Waals surface area contributed by atoms with E-state index in [4.69, 9.17) is 15.2 Å². The molecule has 0 aliphatic carbocycles. The van der Waals surface area contributed by atoms with E-state index in [-0.39, 0.29) is 23.7 Å². The Hall–Kier alpha value is -2.08. The molecule has 0 radical (unpaired) electrons. The molecule has 1 unspecified atom stereocenters. The van der Waals surface area contributed by atoms with Crippen molar-refractivity contribution in [3.8, 4) is 5.75 Å². The van der Waals surface area contributed by atoms with E-state index in [9.17, 15) is 9.59 Å². The number of benzene rings is 1. The van der Waals surface area contributed by atoms with Crippen LogP contribution in [0.5, 0.6) is 5.75 Å². The van der Waals surface area contributed by atoms with Crippen molar-refractivity contribution in [2.45, 2.75) is 32.7 Å². The minimum Gasteiger partial charge on any atom is -0.495 e. The fourth-order valence-electron chi connectivity index (χ4n) is 3.08. The van der Waals surface area contributed by atoms with Gasteiger partial charge in [0.15, 0.2) is 5.78 Å². The van der Waals surface area contributed by atoms with E-state index < -0.39 is 0 Å². The average molecular weight is 334 g/mol. The number of likely N-dealkylation sites (tertiary alicyclic amines) is 1. The number of nitrogens with two attached hydrogens (primary N) is 1. The lowest BCUT2D eigenvalue weighted by Gasteiger charge is -2.34. The number of rotatable bonds is 6. The van der Waals surface area contributed by atoms with Gasteiger partial charge in [-0.1, -0.05) is 0 Å². The molecule has 1 aromatic rings. The molecule has 6 heteroatoms. The molecular weight excluding hydrogens is 308 g/mol. The van der Waals surface area contributed by atoms with E-state index in [0.717, 1.165) is 12.8 Å². The van der Waals surface area contributed by atoms with E-state index in [1.165, 1.54) is 0 Å². The Kier molecular flexibility index (Phi) is 6.20. The van der Waals surface area contributed by atoms with Crippen molar-refractivity contribution < 1.29 is 19.1 Å². The van der Waals surface area contributed by atoms with Crippen LogP contribution in [0.2, 0.25) is 0 Å². The number of carbonyl (C=O) groups excluding carboxylic acids is 2. The molecule has 0 saturated carbocycles. The third kappa shape index (κ3) is 4.06. The van der Waals surface area contributed by atoms with E-state index in [2.05, 4.69) is 4.90 Å². The quantitative estimate of drug-likeness (QED) is 0.487. The van der Waals surface area contributed by atoms with E-state index in [0.29, 0.717) is 36.7 Å². The van der Waals surface area contributed by atoms with Crippen molar-refractivity contribution in [3.63, 3.8) is 0 Å². The molecule has 0 bridgehead atoms. The largest absolute Gasteiger partial charge is 0.495 e. The number of ketones is 1. The monoisotopic (exact) mass is 334 g/mol. The molecule has 1 saturated heterocycles. The van der Waals surface area contributed by atoms with Crippen LogP contribution >= 0.6 is 0 Å². The minimum atomic E-state index is -0.249. The van der Waals surface area contributed by atoms with Crippen molar-refractivity contribution in [2.24, 2.45) is 5.92 Å². The van der Waals surface area contributed by atoms with Crippen LogP contribution in [0, 0.1) is 5.92 Å². The number of carbonyl (C=O) groups is 2. The zero-order chi connectivity index (χ0) is 17.7. The predicted molar refractivity (Wildman–Crippen MR) is 92.1 cm³/mol. The van der Waals surface area contributed by atoms with Gasteiger partial charge in [0, 0.05) is 5.56 Å². The van der Waals surface area contributed by atoms with Gasteiger partial charge in [-0.2, -0.15) is 0 Å². The molecule has 6 nitrogen and oxygen atoms in total. The number of methoxy groups -OCH3 is 1. The highest BCUT2D eigenvalue weighted by Crippen LogP contribution is 2.25. The summed E-state index contributed by atoms with van der Waals surface area (Å²) in [6.07, 6.45) is 1.45. The molecular formula is C18H26N2O4. The third-order valence-electron chi connectivity index (χ3n) is 4.59. The zero-order valence-electron chi connectivity index (χ0n) is 14.6. The summed E-state index contributed by atoms with van der Waals surface area (Å²) in [7, 11) is 1.55. The van der Waals surface area contributed by atoms with Crippen molar-refractivity contribution >= 4 is 17.4 Å². The maximum Gasteiger partial charge on any atom is 0.309 e. The molecule has 1 aliphatic rings. The first-order valence-electron chi connectivity index (χ1n) is 8.36. The van der Waals surface area contributed by atoms with Gasteiger partial charge >= 0.3 is 5.97 Å². The van der Waals surface area contributed by atoms with Gasteiger partial charge in [0.2, 0.25) is 0 Å². The Morgan fingerprint density at radius 2 is 2.00 bits per heavy atom. The van der Waals surface area contributed by atoms with Gasteiger partial charge in [0.25, 0.3) is 0 Å². The molecule has 2 rings (SSSR count). The normalized spacial score (nSPS) is 17.3. The Balaban J connectivity index is 1.97. The van der Waals surface area contributed by atoms with Crippen molar-refractivity contribution in [1.29, 1.82) is 0 Å². The average Bonchev–Trinajstić information content (AvgIpc) is 2.60. The second-order valence-corrected chi connectivity index (χ2v) is 6.06. The Morgan fingerprint density at radius 1 is 1.33 bits per heavy atom. The summed E-state index contributed by atoms with van der Waals surface area (Å²) in [4.78, 5) is 26.6. The number of anilines is 1. The number of esters is 1. The predicted octanol–water partition coefficient (Wildman–Crippen LogP) is 2.12. The van der Waals surface area contributed by atoms with E-state index in [1.54, 1.807) is 25.3 Å². The highest BCUT2D eigenvalue weighted by atomic mass is 16.5. The number of nitrogen functional groups attached to an aromatic ring is 1. The standard InChI is InChI=1S/C18H26N2O4/c1-4-24-18(22)13-7-9-20(10-8-13)12(2)17(21)14-5-6-16(23-3)15(19)11-14/h5-6,11-13H,4,7-10,19H2,1-3H3. The van der Waals surface area contributed by atoms with E-state index >= 15 is 0 Å². The van der Waals surface area contributed by atoms with Crippen LogP contribution in [0.1, 0.15) is 37.0 Å². The minimum absolute atomic E-state index is 0.0268. The summed E-state index contributed by atoms with van der Waals surface area (Å²) in [6.45, 7) is 5.54. The maximum absolute atomic E-state index is 12.7. The van der Waals surface area contributed by atoms with Crippen LogP contribution in [-0.2, 0) is 9.53 Å². The second-order valence-electron chi connectivity index (χ2n) is 6.06. The first kappa shape index (κ1) is 18.3. The van der Waals surface area contributed by atoms with Gasteiger partial charge in [0.05, 0.1) is 31.4 Å². The topological polar surface area (TPSA) is 81.9 Å². The molecule has 1 heterocycles. The summed E-state index contributed by atoms with van der Waals surface area (Å²) >= 11 is 0. The Bertz CT molecular complexity index is 595. The first-order chi connectivity index (χ1) is 11.5. The number of hydrogen-bond acceptors (Lipinski definition) is 6. The van der Waals surface area contributed by atoms with Crippen molar-refractivity contribution in [1.82, 2.24) is 4.90 Å². The molecule has 1 fully saturated rings. The van der Waals surface area contributed by atoms with Crippen LogP contribution in [0.15, 0.2) is 18.2 Å². The Morgan fingerprint density at radius 3 is 2.54 bits per heavy atom. The zero-order valence-corrected chi connectivity index (χ0v) is 14.6. The third-order valence-corrected chi connectivity index (χ3v) is 4.59. The molecule has 24 heavy (non-hydrogen) atoms. The summed E-state index contributed by atoms with van der Waals surface area (Å²) in [6, 6.07) is 4.85. The van der Waals surface area contributed by atoms with Gasteiger partial charge < -0.3 is 15.2 Å². The summed E-state index contributed by atoms with van der Waals surface area (Å²) in [5, 5.41) is 0. The lowest BCUT2D eigenvalue weighted by atomic mass is 9.94. The molecule has 0 amide bonds. The number of piperidine rings is 1. The summed E-state index contributed by atoms with van der Waals surface area (Å²) in [5.74, 6) is 0.410. The Labute approximate surface area is 142 Å². The molecule has 0 aromatic heterocycles. The lowest BCUT2D eigenvalue weighted by Crippen LogP contribution is -2.45. The van der Waals surface area contributed by atoms with Gasteiger partial charge in [0.1, 0.15) is 5.75 Å². The van der Waals surface area contributed by atoms with Gasteiger partial charge in [-0.3, -0.25) is 14.5 Å². The number of Topliss-reactive ketones (excluding diaryl/α,β-unsaturated/α-hetero) is 1. The molecule has 132 valence electrons. The van der Waals surface area contributed by atoms with Crippen LogP contribution in [-0.4, -0.2) is 49.5 Å². The van der Waals surface area contributed by atoms with Crippen molar-refractivity contribution in [3.05, 3.63) is 23.8 Å². The highest BCUT2D eigenvalue weighted by Gasteiger charge is 2.30. The molecule has 1 aromatic carbocycles. The molecule has 0 spiro atoms. The smallest absolute Gasteiger partial charge is 0.309 e. The number of nitrogens with zero attached hydrogens (tertiary/aromatic N) is 1. The lowest BCUT2D eigenvalue weighted by molar-refractivity contribution is -0.149. The molecule has 1 atom stereocenters. The highest BCUT2D eigenvalue weighted by molar-refractivity contribution is 6.00. The van der Waals surface area contributed by atoms with Gasteiger partial charge in [-0.25, -0.2) is 0 Å². The summed E-state index contributed by atoms with van der Waals surface area (Å²) in [5.41, 5.74) is 6.92. The number of ether oxygens (including phenoxy) is 2. The van der Waals surface area contributed by atoms with Crippen LogP contribution in [0.4, 0.5) is 5.69 Å².